The van der Waals surface area contributed by atoms with Crippen LogP contribution >= 0.6 is 0 Å². The highest BCUT2D eigenvalue weighted by atomic mass is 16.5. The molecule has 50 heavy (non-hydrogen) atoms. The van der Waals surface area contributed by atoms with Gasteiger partial charge in [-0.25, -0.2) is 0 Å². The van der Waals surface area contributed by atoms with Gasteiger partial charge in [0.2, 0.25) is 0 Å². The molecule has 0 aliphatic heterocycles. The number of phenols is 2. The molecule has 0 spiro atoms. The molecule has 0 bridgehead atoms. The minimum absolute atomic E-state index is 0.0468. The minimum atomic E-state index is 0.0468. The van der Waals surface area contributed by atoms with Gasteiger partial charge >= 0.3 is 0 Å². The van der Waals surface area contributed by atoms with Gasteiger partial charge in [-0.15, -0.1) is 0 Å². The summed E-state index contributed by atoms with van der Waals surface area (Å²) in [5.41, 5.74) is 6.57. The molecule has 0 aliphatic carbocycles. The van der Waals surface area contributed by atoms with Gasteiger partial charge in [0.15, 0.2) is 0 Å². The van der Waals surface area contributed by atoms with Crippen LogP contribution in [0.25, 0.3) is 23.3 Å². The van der Waals surface area contributed by atoms with Crippen molar-refractivity contribution in [2.24, 2.45) is 0 Å². The number of rotatable bonds is 10. The molecule has 7 aromatic rings. The Bertz CT molecular complexity index is 2060. The van der Waals surface area contributed by atoms with E-state index < -0.39 is 0 Å². The summed E-state index contributed by atoms with van der Waals surface area (Å²) >= 11 is 0. The Morgan fingerprint density at radius 1 is 0.340 bits per heavy atom. The van der Waals surface area contributed by atoms with Crippen LogP contribution in [0.5, 0.6) is 34.5 Å². The van der Waals surface area contributed by atoms with E-state index in [-0.39, 0.29) is 11.5 Å². The monoisotopic (exact) mass is 650 g/mol. The molecular weight excluding hydrogens is 617 g/mol. The minimum Gasteiger partial charge on any atom is -0.507 e. The maximum absolute atomic E-state index is 11.4. The molecule has 7 aromatic carbocycles. The fourth-order valence-electron chi connectivity index (χ4n) is 5.71. The molecule has 2 N–H and O–H groups in total. The Morgan fingerprint density at radius 2 is 0.620 bits per heavy atom. The van der Waals surface area contributed by atoms with E-state index in [1.807, 2.05) is 182 Å². The second kappa shape index (κ2) is 15.0. The zero-order chi connectivity index (χ0) is 34.1. The zero-order valence-corrected chi connectivity index (χ0v) is 27.2. The van der Waals surface area contributed by atoms with Crippen molar-refractivity contribution in [3.8, 4) is 34.5 Å². The van der Waals surface area contributed by atoms with Gasteiger partial charge in [-0.1, -0.05) is 121 Å². The van der Waals surface area contributed by atoms with Crippen LogP contribution in [0.15, 0.2) is 182 Å². The third-order valence-electron chi connectivity index (χ3n) is 8.23. The molecule has 0 amide bonds. The molecule has 0 aromatic heterocycles. The second-order valence-electron chi connectivity index (χ2n) is 11.7. The van der Waals surface area contributed by atoms with Crippen LogP contribution < -0.4 is 9.47 Å². The number of phenolic OH excluding ortho intramolecular Hbond substituents is 2. The van der Waals surface area contributed by atoms with Gasteiger partial charge in [0.05, 0.1) is 0 Å². The van der Waals surface area contributed by atoms with Gasteiger partial charge in [-0.2, -0.15) is 0 Å². The molecule has 4 heteroatoms. The predicted molar refractivity (Wildman–Crippen MR) is 203 cm³/mol. The number of ether oxygens (including phenoxy) is 2. The average Bonchev–Trinajstić information content (AvgIpc) is 3.17. The first-order valence-corrected chi connectivity index (χ1v) is 16.4. The lowest BCUT2D eigenvalue weighted by atomic mass is 9.93. The lowest BCUT2D eigenvalue weighted by molar-refractivity contribution is 0.458. The van der Waals surface area contributed by atoms with Crippen molar-refractivity contribution in [1.29, 1.82) is 0 Å². The molecule has 4 nitrogen and oxygen atoms in total. The summed E-state index contributed by atoms with van der Waals surface area (Å²) in [6.45, 7) is 0. The van der Waals surface area contributed by atoms with Crippen LogP contribution in [-0.4, -0.2) is 10.2 Å². The maximum atomic E-state index is 11.4. The van der Waals surface area contributed by atoms with Crippen molar-refractivity contribution in [1.82, 2.24) is 0 Å². The smallest absolute Gasteiger partial charge is 0.127 e. The number of benzene rings is 7. The normalized spacial score (nSPS) is 11.6. The van der Waals surface area contributed by atoms with Gasteiger partial charge < -0.3 is 19.7 Å². The Labute approximate surface area is 292 Å². The predicted octanol–water partition coefficient (Wildman–Crippen LogP) is 11.9. The van der Waals surface area contributed by atoms with Gasteiger partial charge in [-0.3, -0.25) is 0 Å². The van der Waals surface area contributed by atoms with E-state index in [1.54, 1.807) is 12.1 Å². The summed E-state index contributed by atoms with van der Waals surface area (Å²) in [7, 11) is 0. The zero-order valence-electron chi connectivity index (χ0n) is 27.2. The molecule has 242 valence electrons. The van der Waals surface area contributed by atoms with Crippen molar-refractivity contribution in [2.45, 2.75) is 0 Å². The van der Waals surface area contributed by atoms with Gasteiger partial charge in [0.25, 0.3) is 0 Å². The van der Waals surface area contributed by atoms with Gasteiger partial charge in [0.1, 0.15) is 34.5 Å². The molecule has 0 radical (unpaired) electrons. The summed E-state index contributed by atoms with van der Waals surface area (Å²) < 4.78 is 12.0. The largest absolute Gasteiger partial charge is 0.507 e. The van der Waals surface area contributed by atoms with Crippen LogP contribution in [0, 0.1) is 0 Å². The Balaban J connectivity index is 1.23. The summed E-state index contributed by atoms with van der Waals surface area (Å²) in [5.74, 6) is 3.06. The Morgan fingerprint density at radius 3 is 0.960 bits per heavy atom. The first-order valence-electron chi connectivity index (χ1n) is 16.4. The van der Waals surface area contributed by atoms with E-state index >= 15 is 0 Å². The average molecular weight is 651 g/mol. The van der Waals surface area contributed by atoms with Crippen LogP contribution in [0.1, 0.15) is 33.4 Å². The standard InChI is InChI=1S/C46H34O4/c47-45-32-38(30-44(34-15-7-2-8-16-34)36-23-27-42(28-24-36)50-40-19-11-4-12-20-40)46(48)31-37(45)29-43(33-13-5-1-6-14-33)35-21-25-41(26-22-35)49-39-17-9-3-10-18-39/h1-32,47-48H/b43-29-,44-30+. The van der Waals surface area contributed by atoms with E-state index in [9.17, 15) is 10.2 Å². The molecule has 0 saturated heterocycles. The van der Waals surface area contributed by atoms with Gasteiger partial charge in [-0.05, 0) is 106 Å². The quantitative estimate of drug-likeness (QED) is 0.114. The topological polar surface area (TPSA) is 58.9 Å². The molecule has 0 saturated carbocycles. The number of hydrogen-bond acceptors (Lipinski definition) is 4. The maximum Gasteiger partial charge on any atom is 0.127 e. The summed E-state index contributed by atoms with van der Waals surface area (Å²) in [6.07, 6.45) is 3.79. The van der Waals surface area contributed by atoms with Crippen LogP contribution in [0.3, 0.4) is 0 Å². The van der Waals surface area contributed by atoms with Gasteiger partial charge in [0, 0.05) is 11.1 Å². The first-order chi connectivity index (χ1) is 24.6. The SMILES string of the molecule is Oc1cc(/C=C(\c2ccccc2)c2ccc(Oc3ccccc3)cc2)c(O)cc1/C=C(/c1ccccc1)c1ccc(Oc2ccccc2)cc1. The summed E-state index contributed by atoms with van der Waals surface area (Å²) in [5, 5.41) is 22.8. The fraction of sp³-hybridized carbons (Fsp3) is 0. The lowest BCUT2D eigenvalue weighted by Gasteiger charge is -2.13. The second-order valence-corrected chi connectivity index (χ2v) is 11.7. The summed E-state index contributed by atoms with van der Waals surface area (Å²) in [4.78, 5) is 0. The summed E-state index contributed by atoms with van der Waals surface area (Å²) in [6, 6.07) is 58.1. The first kappa shape index (κ1) is 31.8. The van der Waals surface area contributed by atoms with Crippen LogP contribution in [-0.2, 0) is 0 Å². The molecule has 0 atom stereocenters. The van der Waals surface area contributed by atoms with Crippen molar-refractivity contribution in [3.05, 3.63) is 215 Å². The van der Waals surface area contributed by atoms with Crippen molar-refractivity contribution >= 4 is 23.3 Å². The fourth-order valence-corrected chi connectivity index (χ4v) is 5.71. The number of para-hydroxylation sites is 2. The van der Waals surface area contributed by atoms with E-state index in [1.165, 1.54) is 0 Å². The van der Waals surface area contributed by atoms with E-state index in [2.05, 4.69) is 0 Å². The number of aromatic hydroxyl groups is 2. The van der Waals surface area contributed by atoms with Crippen LogP contribution in [0.4, 0.5) is 0 Å². The molecule has 0 unspecified atom stereocenters. The van der Waals surface area contributed by atoms with Crippen molar-refractivity contribution < 1.29 is 19.7 Å². The van der Waals surface area contributed by atoms with E-state index in [0.29, 0.717) is 11.1 Å². The van der Waals surface area contributed by atoms with Crippen LogP contribution in [0.2, 0.25) is 0 Å². The third kappa shape index (κ3) is 7.67. The molecule has 0 heterocycles. The van der Waals surface area contributed by atoms with Crippen molar-refractivity contribution in [3.63, 3.8) is 0 Å². The molecular formula is C46H34O4. The highest BCUT2D eigenvalue weighted by molar-refractivity contribution is 5.95. The highest BCUT2D eigenvalue weighted by Crippen LogP contribution is 2.37. The van der Waals surface area contributed by atoms with Crippen molar-refractivity contribution in [2.75, 3.05) is 0 Å². The van der Waals surface area contributed by atoms with E-state index in [4.69, 9.17) is 9.47 Å². The Hall–Kier alpha value is -6.78. The molecule has 0 aliphatic rings. The lowest BCUT2D eigenvalue weighted by Crippen LogP contribution is -1.91. The number of hydrogen-bond donors (Lipinski definition) is 2. The molecule has 0 fully saturated rings. The molecule has 7 rings (SSSR count). The third-order valence-corrected chi connectivity index (χ3v) is 8.23. The van der Waals surface area contributed by atoms with E-state index in [0.717, 1.165) is 56.4 Å². The Kier molecular flexibility index (Phi) is 9.52. The highest BCUT2D eigenvalue weighted by Gasteiger charge is 2.13.